The molecule has 0 aromatic heterocycles. The highest BCUT2D eigenvalue weighted by molar-refractivity contribution is 5.97. The van der Waals surface area contributed by atoms with E-state index in [1.807, 2.05) is 30.6 Å². The van der Waals surface area contributed by atoms with Crippen LogP contribution in [-0.2, 0) is 14.3 Å². The number of carbonyl (C=O) groups is 3. The fraction of sp³-hybridized carbons (Fsp3) is 0.375. The lowest BCUT2D eigenvalue weighted by Gasteiger charge is -2.40. The van der Waals surface area contributed by atoms with Gasteiger partial charge in [-0.15, -0.1) is 0 Å². The Kier molecular flexibility index (Phi) is 7.55. The minimum Gasteiger partial charge on any atom is -0.464 e. The van der Waals surface area contributed by atoms with Gasteiger partial charge in [-0.2, -0.15) is 0 Å². The van der Waals surface area contributed by atoms with Crippen molar-refractivity contribution in [1.29, 1.82) is 0 Å². The van der Waals surface area contributed by atoms with Gasteiger partial charge in [0.15, 0.2) is 6.10 Å². The zero-order chi connectivity index (χ0) is 24.1. The standard InChI is InChI=1S/C24H30N4O5/c1-15-14-27(24(31)18-8-5-4-6-9-18)12-13-28(15)23(30)17(3)33-22(26-32)20-11-7-10-19(16(20)2)21(25)29/h4-10,15,17,26,32H,11-14H2,1-3H3,(H2,25,29)/t15-,17?/m1/s1. The van der Waals surface area contributed by atoms with E-state index in [9.17, 15) is 19.6 Å². The molecule has 0 spiro atoms. The van der Waals surface area contributed by atoms with Crippen LogP contribution in [0.2, 0.25) is 0 Å². The molecule has 1 aromatic carbocycles. The molecule has 33 heavy (non-hydrogen) atoms. The Morgan fingerprint density at radius 1 is 1.21 bits per heavy atom. The van der Waals surface area contributed by atoms with Gasteiger partial charge >= 0.3 is 0 Å². The normalized spacial score (nSPS) is 20.9. The molecule has 176 valence electrons. The molecule has 4 N–H and O–H groups in total. The molecular weight excluding hydrogens is 424 g/mol. The van der Waals surface area contributed by atoms with Crippen molar-refractivity contribution in [3.8, 4) is 0 Å². The second-order valence-corrected chi connectivity index (χ2v) is 8.19. The first-order valence-electron chi connectivity index (χ1n) is 10.9. The summed E-state index contributed by atoms with van der Waals surface area (Å²) in [6, 6.07) is 8.85. The Morgan fingerprint density at radius 2 is 1.91 bits per heavy atom. The molecule has 0 bridgehead atoms. The summed E-state index contributed by atoms with van der Waals surface area (Å²) in [5.74, 6) is -0.903. The Morgan fingerprint density at radius 3 is 2.52 bits per heavy atom. The van der Waals surface area contributed by atoms with E-state index in [0.29, 0.717) is 48.3 Å². The van der Waals surface area contributed by atoms with E-state index in [0.717, 1.165) is 0 Å². The summed E-state index contributed by atoms with van der Waals surface area (Å²) in [5, 5.41) is 9.65. The van der Waals surface area contributed by atoms with E-state index in [-0.39, 0.29) is 23.7 Å². The third-order valence-electron chi connectivity index (χ3n) is 5.97. The Hall–Kier alpha value is -3.59. The van der Waals surface area contributed by atoms with Crippen LogP contribution in [0, 0.1) is 0 Å². The van der Waals surface area contributed by atoms with E-state index < -0.39 is 12.0 Å². The average Bonchev–Trinajstić information content (AvgIpc) is 2.82. The summed E-state index contributed by atoms with van der Waals surface area (Å²) in [6.45, 7) is 6.39. The number of rotatable bonds is 6. The largest absolute Gasteiger partial charge is 0.464 e. The van der Waals surface area contributed by atoms with Gasteiger partial charge in [-0.3, -0.25) is 19.6 Å². The van der Waals surface area contributed by atoms with Crippen LogP contribution in [0.3, 0.4) is 0 Å². The van der Waals surface area contributed by atoms with Gasteiger partial charge in [-0.25, -0.2) is 5.48 Å². The lowest BCUT2D eigenvalue weighted by Crippen LogP contribution is -2.57. The molecule has 3 rings (SSSR count). The first kappa shape index (κ1) is 24.1. The maximum absolute atomic E-state index is 13.1. The highest BCUT2D eigenvalue weighted by atomic mass is 16.6. The van der Waals surface area contributed by atoms with Gasteiger partial charge in [0.1, 0.15) is 0 Å². The molecule has 9 nitrogen and oxygen atoms in total. The molecular formula is C24H30N4O5. The van der Waals surface area contributed by atoms with Crippen molar-refractivity contribution in [3.05, 3.63) is 70.6 Å². The van der Waals surface area contributed by atoms with Crippen LogP contribution in [-0.4, -0.2) is 64.5 Å². The van der Waals surface area contributed by atoms with Gasteiger partial charge < -0.3 is 20.3 Å². The molecule has 2 aliphatic rings. The molecule has 1 aliphatic heterocycles. The maximum Gasteiger partial charge on any atom is 0.263 e. The van der Waals surface area contributed by atoms with Crippen molar-refractivity contribution in [2.75, 3.05) is 19.6 Å². The Bertz CT molecular complexity index is 1010. The van der Waals surface area contributed by atoms with E-state index in [4.69, 9.17) is 10.5 Å². The van der Waals surface area contributed by atoms with Crippen LogP contribution in [0.1, 0.15) is 37.6 Å². The highest BCUT2D eigenvalue weighted by Crippen LogP contribution is 2.27. The molecule has 1 aromatic rings. The summed E-state index contributed by atoms with van der Waals surface area (Å²) in [4.78, 5) is 40.9. The van der Waals surface area contributed by atoms with E-state index >= 15 is 0 Å². The van der Waals surface area contributed by atoms with Crippen LogP contribution >= 0.6 is 0 Å². The number of carbonyl (C=O) groups excluding carboxylic acids is 3. The zero-order valence-corrected chi connectivity index (χ0v) is 19.1. The van der Waals surface area contributed by atoms with Gasteiger partial charge in [0.05, 0.1) is 0 Å². The predicted octanol–water partition coefficient (Wildman–Crippen LogP) is 1.72. The van der Waals surface area contributed by atoms with Gasteiger partial charge in [-0.05, 0) is 44.9 Å². The summed E-state index contributed by atoms with van der Waals surface area (Å²) >= 11 is 0. The zero-order valence-electron chi connectivity index (χ0n) is 19.1. The van der Waals surface area contributed by atoms with Crippen molar-refractivity contribution in [3.63, 3.8) is 0 Å². The second kappa shape index (κ2) is 10.4. The fourth-order valence-corrected chi connectivity index (χ4v) is 4.12. The molecule has 1 aliphatic carbocycles. The minimum absolute atomic E-state index is 0.00185. The van der Waals surface area contributed by atoms with Crippen molar-refractivity contribution in [1.82, 2.24) is 15.3 Å². The lowest BCUT2D eigenvalue weighted by molar-refractivity contribution is -0.145. The lowest BCUT2D eigenvalue weighted by atomic mass is 9.93. The molecule has 9 heteroatoms. The number of hydrogen-bond acceptors (Lipinski definition) is 6. The van der Waals surface area contributed by atoms with Gasteiger partial charge in [0.2, 0.25) is 11.8 Å². The number of hydrogen-bond donors (Lipinski definition) is 3. The van der Waals surface area contributed by atoms with Crippen molar-refractivity contribution < 1.29 is 24.3 Å². The molecule has 2 atom stereocenters. The first-order valence-corrected chi connectivity index (χ1v) is 10.9. The smallest absolute Gasteiger partial charge is 0.263 e. The number of benzene rings is 1. The highest BCUT2D eigenvalue weighted by Gasteiger charge is 2.33. The number of primary amides is 1. The third-order valence-corrected chi connectivity index (χ3v) is 5.97. The number of piperazine rings is 1. The van der Waals surface area contributed by atoms with Crippen LogP contribution < -0.4 is 11.2 Å². The number of nitrogens with zero attached hydrogens (tertiary/aromatic N) is 2. The Labute approximate surface area is 193 Å². The van der Waals surface area contributed by atoms with Crippen molar-refractivity contribution in [2.24, 2.45) is 5.73 Å². The number of hydroxylamine groups is 1. The van der Waals surface area contributed by atoms with Crippen molar-refractivity contribution in [2.45, 2.75) is 39.3 Å². The van der Waals surface area contributed by atoms with Crippen LogP contribution in [0.5, 0.6) is 0 Å². The van der Waals surface area contributed by atoms with E-state index in [2.05, 4.69) is 0 Å². The summed E-state index contributed by atoms with van der Waals surface area (Å²) in [6.07, 6.45) is 2.87. The monoisotopic (exact) mass is 454 g/mol. The number of ether oxygens (including phenoxy) is 1. The average molecular weight is 455 g/mol. The van der Waals surface area contributed by atoms with Crippen molar-refractivity contribution >= 4 is 17.7 Å². The second-order valence-electron chi connectivity index (χ2n) is 8.19. The summed E-state index contributed by atoms with van der Waals surface area (Å²) < 4.78 is 5.77. The van der Waals surface area contributed by atoms with E-state index in [1.165, 1.54) is 0 Å². The van der Waals surface area contributed by atoms with Gasteiger partial charge in [0.25, 0.3) is 11.8 Å². The van der Waals surface area contributed by atoms with Crippen LogP contribution in [0.15, 0.2) is 65.1 Å². The molecule has 1 unspecified atom stereocenters. The molecule has 1 saturated heterocycles. The first-order chi connectivity index (χ1) is 15.7. The number of nitrogens with two attached hydrogens (primary N) is 1. The topological polar surface area (TPSA) is 125 Å². The van der Waals surface area contributed by atoms with E-state index in [1.54, 1.807) is 47.9 Å². The SMILES string of the molecule is CC1=C(C(N)=O)C=CCC1=C(NO)OC(C)C(=O)N1CCN(C(=O)c2ccccc2)C[C@H]1C. The maximum atomic E-state index is 13.1. The number of allylic oxidation sites excluding steroid dienone is 3. The van der Waals surface area contributed by atoms with Gasteiger partial charge in [0, 0.05) is 42.4 Å². The molecule has 3 amide bonds. The molecule has 1 fully saturated rings. The molecule has 0 saturated carbocycles. The number of amides is 3. The predicted molar refractivity (Wildman–Crippen MR) is 122 cm³/mol. The molecule has 0 radical (unpaired) electrons. The number of nitrogens with one attached hydrogen (secondary N) is 1. The minimum atomic E-state index is -0.901. The Balaban J connectivity index is 1.68. The molecule has 1 heterocycles. The third kappa shape index (κ3) is 5.25. The summed E-state index contributed by atoms with van der Waals surface area (Å²) in [7, 11) is 0. The van der Waals surface area contributed by atoms with Crippen LogP contribution in [0.4, 0.5) is 0 Å². The quantitative estimate of drug-likeness (QED) is 0.444. The fourth-order valence-electron chi connectivity index (χ4n) is 4.12. The van der Waals surface area contributed by atoms with Crippen LogP contribution in [0.25, 0.3) is 0 Å². The summed E-state index contributed by atoms with van der Waals surface area (Å²) in [5.41, 5.74) is 9.48. The van der Waals surface area contributed by atoms with Gasteiger partial charge in [-0.1, -0.05) is 30.4 Å².